The highest BCUT2D eigenvalue weighted by Crippen LogP contribution is 2.58. The molecule has 5 nitrogen and oxygen atoms in total. The molecule has 0 unspecified atom stereocenters. The topological polar surface area (TPSA) is 45.7 Å². The largest absolute Gasteiger partial charge is 0.456 e. The van der Waals surface area contributed by atoms with E-state index in [2.05, 4.69) is 181 Å². The molecule has 290 valence electrons. The Kier molecular flexibility index (Phi) is 7.81. The summed E-state index contributed by atoms with van der Waals surface area (Å²) in [6.45, 7) is 4.71. The van der Waals surface area contributed by atoms with E-state index in [4.69, 9.17) is 13.8 Å². The fourth-order valence-electron chi connectivity index (χ4n) is 9.68. The van der Waals surface area contributed by atoms with E-state index in [1.165, 1.54) is 22.3 Å². The summed E-state index contributed by atoms with van der Waals surface area (Å²) in [6, 6.07) is 70.7. The predicted molar refractivity (Wildman–Crippen MR) is 251 cm³/mol. The minimum Gasteiger partial charge on any atom is -0.456 e. The first-order chi connectivity index (χ1) is 30.0. The van der Waals surface area contributed by atoms with Crippen LogP contribution in [0.15, 0.2) is 209 Å². The molecule has 0 bridgehead atoms. The van der Waals surface area contributed by atoms with Crippen molar-refractivity contribution in [1.82, 2.24) is 4.98 Å². The molecule has 0 aliphatic heterocycles. The summed E-state index contributed by atoms with van der Waals surface area (Å²) >= 11 is 0. The molecular formula is C56H39N3O2. The Morgan fingerprint density at radius 1 is 0.443 bits per heavy atom. The highest BCUT2D eigenvalue weighted by Gasteiger charge is 2.40. The lowest BCUT2D eigenvalue weighted by Crippen LogP contribution is -2.17. The van der Waals surface area contributed by atoms with Crippen LogP contribution in [0.4, 0.5) is 34.1 Å². The van der Waals surface area contributed by atoms with Gasteiger partial charge in [-0.25, -0.2) is 4.98 Å². The van der Waals surface area contributed by atoms with Gasteiger partial charge in [-0.2, -0.15) is 0 Å². The number of hydrogen-bond donors (Lipinski definition) is 0. The third kappa shape index (κ3) is 5.51. The molecule has 61 heavy (non-hydrogen) atoms. The molecule has 11 aromatic rings. The van der Waals surface area contributed by atoms with Crippen molar-refractivity contribution in [1.29, 1.82) is 0 Å². The van der Waals surface area contributed by atoms with Crippen molar-refractivity contribution in [2.45, 2.75) is 19.3 Å². The lowest BCUT2D eigenvalue weighted by molar-refractivity contribution is 0.623. The SMILES string of the molecule is CC1(C)c2ccccc2-c2c(N(c3cccc(N(c4ccccc4)c4ccccc4)c3)c3ccc4oc5ccccc5c4c3)cc3c(ccc4nc(-c5ccccc5)oc43)c21. The molecular weight excluding hydrogens is 747 g/mol. The number of furan rings is 1. The summed E-state index contributed by atoms with van der Waals surface area (Å²) in [7, 11) is 0. The van der Waals surface area contributed by atoms with Crippen molar-refractivity contribution < 1.29 is 8.83 Å². The van der Waals surface area contributed by atoms with Crippen LogP contribution in [0.5, 0.6) is 0 Å². The first kappa shape index (κ1) is 35.1. The fourth-order valence-corrected chi connectivity index (χ4v) is 9.68. The van der Waals surface area contributed by atoms with Crippen LogP contribution >= 0.6 is 0 Å². The minimum atomic E-state index is -0.314. The van der Waals surface area contributed by atoms with E-state index in [0.29, 0.717) is 5.89 Å². The predicted octanol–water partition coefficient (Wildman–Crippen LogP) is 15.8. The highest BCUT2D eigenvalue weighted by molar-refractivity contribution is 6.14. The van der Waals surface area contributed by atoms with Gasteiger partial charge in [-0.15, -0.1) is 0 Å². The van der Waals surface area contributed by atoms with Crippen LogP contribution in [0.1, 0.15) is 25.0 Å². The number of nitrogens with zero attached hydrogens (tertiary/aromatic N) is 3. The zero-order chi connectivity index (χ0) is 40.7. The number of aromatic nitrogens is 1. The molecule has 12 rings (SSSR count). The number of para-hydroxylation sites is 3. The van der Waals surface area contributed by atoms with E-state index < -0.39 is 0 Å². The van der Waals surface area contributed by atoms with E-state index in [1.54, 1.807) is 0 Å². The van der Waals surface area contributed by atoms with Gasteiger partial charge in [-0.05, 0) is 113 Å². The van der Waals surface area contributed by atoms with E-state index in [9.17, 15) is 0 Å². The minimum absolute atomic E-state index is 0.314. The molecule has 0 saturated carbocycles. The van der Waals surface area contributed by atoms with Crippen molar-refractivity contribution in [3.05, 3.63) is 211 Å². The van der Waals surface area contributed by atoms with Crippen molar-refractivity contribution >= 4 is 77.9 Å². The van der Waals surface area contributed by atoms with Crippen molar-refractivity contribution in [2.75, 3.05) is 9.80 Å². The number of oxazole rings is 1. The van der Waals surface area contributed by atoms with Crippen LogP contribution in [0.2, 0.25) is 0 Å². The van der Waals surface area contributed by atoms with Gasteiger partial charge in [0, 0.05) is 61.1 Å². The number of fused-ring (bicyclic) bond motifs is 10. The van der Waals surface area contributed by atoms with Gasteiger partial charge in [0.2, 0.25) is 5.89 Å². The molecule has 0 radical (unpaired) electrons. The van der Waals surface area contributed by atoms with Gasteiger partial charge in [0.15, 0.2) is 5.58 Å². The Morgan fingerprint density at radius 3 is 1.84 bits per heavy atom. The summed E-state index contributed by atoms with van der Waals surface area (Å²) < 4.78 is 13.2. The third-order valence-electron chi connectivity index (χ3n) is 12.4. The molecule has 0 N–H and O–H groups in total. The monoisotopic (exact) mass is 785 g/mol. The van der Waals surface area contributed by atoms with Gasteiger partial charge < -0.3 is 18.6 Å². The van der Waals surface area contributed by atoms with Crippen LogP contribution in [0.3, 0.4) is 0 Å². The molecule has 2 heterocycles. The smallest absolute Gasteiger partial charge is 0.227 e. The van der Waals surface area contributed by atoms with Gasteiger partial charge in [0.25, 0.3) is 0 Å². The van der Waals surface area contributed by atoms with Crippen LogP contribution in [-0.2, 0) is 5.41 Å². The van der Waals surface area contributed by atoms with E-state index in [0.717, 1.165) is 83.5 Å². The second-order valence-corrected chi connectivity index (χ2v) is 16.4. The Balaban J connectivity index is 1.18. The molecule has 1 aliphatic rings. The van der Waals surface area contributed by atoms with Gasteiger partial charge in [0.1, 0.15) is 16.7 Å². The molecule has 0 spiro atoms. The maximum absolute atomic E-state index is 6.81. The van der Waals surface area contributed by atoms with Gasteiger partial charge in [0.05, 0.1) is 5.69 Å². The zero-order valence-corrected chi connectivity index (χ0v) is 33.7. The second kappa shape index (κ2) is 13.6. The van der Waals surface area contributed by atoms with Gasteiger partial charge in [-0.1, -0.05) is 123 Å². The van der Waals surface area contributed by atoms with Gasteiger partial charge >= 0.3 is 0 Å². The first-order valence-corrected chi connectivity index (χ1v) is 20.8. The van der Waals surface area contributed by atoms with E-state index in [-0.39, 0.29) is 5.41 Å². The lowest BCUT2D eigenvalue weighted by atomic mass is 9.80. The Morgan fingerprint density at radius 2 is 1.07 bits per heavy atom. The van der Waals surface area contributed by atoms with Crippen molar-refractivity contribution in [3.63, 3.8) is 0 Å². The zero-order valence-electron chi connectivity index (χ0n) is 33.7. The normalized spacial score (nSPS) is 12.9. The second-order valence-electron chi connectivity index (χ2n) is 16.4. The molecule has 1 aliphatic carbocycles. The lowest BCUT2D eigenvalue weighted by Gasteiger charge is -2.31. The standard InChI is InChI=1S/C56H39N3O2/c1-56(2)47-27-14-12-26-44(47)52-49(35-46-43(53(52)56)30-31-48-54(46)61-55(57-48)36-17-6-3-7-18-36)59(41-29-32-51-45(34-41)42-25-13-15-28-50(42)60-51)40-24-16-23-39(33-40)58(37-19-8-4-9-20-37)38-21-10-5-11-22-38/h3-35H,1-2H3. The quantitative estimate of drug-likeness (QED) is 0.161. The summed E-state index contributed by atoms with van der Waals surface area (Å²) in [5, 5.41) is 4.33. The summed E-state index contributed by atoms with van der Waals surface area (Å²) in [5.74, 6) is 0.608. The summed E-state index contributed by atoms with van der Waals surface area (Å²) in [6.07, 6.45) is 0. The Hall–Kier alpha value is -7.89. The molecule has 0 atom stereocenters. The fraction of sp³-hybridized carbons (Fsp3) is 0.0536. The van der Waals surface area contributed by atoms with E-state index in [1.807, 2.05) is 42.5 Å². The highest BCUT2D eigenvalue weighted by atomic mass is 16.3. The maximum Gasteiger partial charge on any atom is 0.227 e. The average Bonchev–Trinajstić information content (AvgIpc) is 3.99. The first-order valence-electron chi connectivity index (χ1n) is 20.8. The maximum atomic E-state index is 6.81. The summed E-state index contributed by atoms with van der Waals surface area (Å²) in [5.41, 5.74) is 15.2. The Bertz CT molecular complexity index is 3420. The van der Waals surface area contributed by atoms with Crippen LogP contribution in [-0.4, -0.2) is 4.98 Å². The molecule has 0 saturated heterocycles. The number of hydrogen-bond acceptors (Lipinski definition) is 5. The molecule has 0 fully saturated rings. The Labute approximate surface area is 353 Å². The molecule has 9 aromatic carbocycles. The number of rotatable bonds is 7. The summed E-state index contributed by atoms with van der Waals surface area (Å²) in [4.78, 5) is 9.80. The van der Waals surface area contributed by atoms with E-state index >= 15 is 0 Å². The van der Waals surface area contributed by atoms with Crippen molar-refractivity contribution in [3.8, 4) is 22.6 Å². The number of anilines is 6. The van der Waals surface area contributed by atoms with Crippen molar-refractivity contribution in [2.24, 2.45) is 0 Å². The molecule has 5 heteroatoms. The number of benzene rings is 9. The molecule has 2 aromatic heterocycles. The third-order valence-corrected chi connectivity index (χ3v) is 12.4. The van der Waals surface area contributed by atoms with Crippen LogP contribution in [0.25, 0.3) is 66.4 Å². The van der Waals surface area contributed by atoms with Crippen LogP contribution in [0, 0.1) is 0 Å². The van der Waals surface area contributed by atoms with Gasteiger partial charge in [-0.3, -0.25) is 0 Å². The molecule has 0 amide bonds. The average molecular weight is 786 g/mol. The van der Waals surface area contributed by atoms with Crippen LogP contribution < -0.4 is 9.80 Å².